The molecule has 184 valence electrons. The highest BCUT2D eigenvalue weighted by Crippen LogP contribution is 2.31. The molecule has 3 amide bonds. The maximum atomic E-state index is 13.3. The molecule has 2 saturated heterocycles. The van der Waals surface area contributed by atoms with Crippen LogP contribution in [0.1, 0.15) is 36.4 Å². The molecule has 1 aromatic heterocycles. The summed E-state index contributed by atoms with van der Waals surface area (Å²) < 4.78 is 1.77. The van der Waals surface area contributed by atoms with Crippen LogP contribution in [-0.2, 0) is 11.3 Å². The number of nitrogens with one attached hydrogen (secondary N) is 1. The standard InChI is InChI=1S/C26H30N6O2.ClH/c27-23(21-5-2-1-3-6-21)11-16-30-17-12-26(13-18-30)24(33)31(25(34)29-26)19-20-7-9-22(10-8-20)32-15-4-14-28-32;/h1-10,14-15,23H,11-13,16-19,27H2,(H,29,34);1H/t23-;/m0./s1. The lowest BCUT2D eigenvalue weighted by atomic mass is 9.87. The molecule has 3 N–H and O–H groups in total. The van der Waals surface area contributed by atoms with Crippen LogP contribution < -0.4 is 11.1 Å². The molecule has 3 aromatic rings. The van der Waals surface area contributed by atoms with Gasteiger partial charge >= 0.3 is 6.03 Å². The molecule has 0 aliphatic carbocycles. The first-order valence-electron chi connectivity index (χ1n) is 11.8. The van der Waals surface area contributed by atoms with Gasteiger partial charge in [-0.2, -0.15) is 5.10 Å². The normalized spacial score (nSPS) is 18.4. The van der Waals surface area contributed by atoms with E-state index in [-0.39, 0.29) is 36.9 Å². The van der Waals surface area contributed by atoms with Crippen LogP contribution in [0.25, 0.3) is 5.69 Å². The first kappa shape index (κ1) is 24.9. The minimum atomic E-state index is -0.788. The number of hydrogen-bond donors (Lipinski definition) is 2. The van der Waals surface area contributed by atoms with E-state index in [1.165, 1.54) is 4.90 Å². The third kappa shape index (κ3) is 5.24. The SMILES string of the molecule is Cl.N[C@@H](CCN1CCC2(CC1)NC(=O)N(Cc1ccc(-n3cccn3)cc1)C2=O)c1ccccc1. The summed E-state index contributed by atoms with van der Waals surface area (Å²) in [4.78, 5) is 29.7. The van der Waals surface area contributed by atoms with E-state index >= 15 is 0 Å². The average Bonchev–Trinajstić information content (AvgIpc) is 3.48. The van der Waals surface area contributed by atoms with Gasteiger partial charge in [-0.25, -0.2) is 9.48 Å². The molecule has 2 aliphatic rings. The number of likely N-dealkylation sites (tertiary alicyclic amines) is 1. The second-order valence-corrected chi connectivity index (χ2v) is 9.17. The van der Waals surface area contributed by atoms with E-state index < -0.39 is 5.54 Å². The van der Waals surface area contributed by atoms with E-state index in [9.17, 15) is 9.59 Å². The number of carbonyl (C=O) groups is 2. The zero-order chi connectivity index (χ0) is 23.5. The van der Waals surface area contributed by atoms with Crippen LogP contribution in [0.4, 0.5) is 4.79 Å². The van der Waals surface area contributed by atoms with Gasteiger partial charge in [0.2, 0.25) is 0 Å². The molecular formula is C26H31ClN6O2. The molecule has 0 unspecified atom stereocenters. The number of rotatable bonds is 7. The Balaban J connectivity index is 0.00000289. The van der Waals surface area contributed by atoms with Crippen molar-refractivity contribution >= 4 is 24.3 Å². The Kier molecular flexibility index (Phi) is 7.54. The van der Waals surface area contributed by atoms with Crippen LogP contribution in [0.2, 0.25) is 0 Å². The monoisotopic (exact) mass is 494 g/mol. The number of urea groups is 1. The van der Waals surface area contributed by atoms with E-state index in [1.807, 2.05) is 54.7 Å². The highest BCUT2D eigenvalue weighted by molar-refractivity contribution is 6.07. The van der Waals surface area contributed by atoms with Crippen molar-refractivity contribution in [3.05, 3.63) is 84.2 Å². The van der Waals surface area contributed by atoms with Crippen molar-refractivity contribution in [2.45, 2.75) is 37.4 Å². The Morgan fingerprint density at radius 2 is 1.71 bits per heavy atom. The molecule has 2 aromatic carbocycles. The Morgan fingerprint density at radius 1 is 1.00 bits per heavy atom. The maximum Gasteiger partial charge on any atom is 0.325 e. The lowest BCUT2D eigenvalue weighted by molar-refractivity contribution is -0.133. The molecule has 5 rings (SSSR count). The summed E-state index contributed by atoms with van der Waals surface area (Å²) in [5.41, 5.74) is 8.54. The number of benzene rings is 2. The van der Waals surface area contributed by atoms with Crippen LogP contribution in [0.3, 0.4) is 0 Å². The third-order valence-electron chi connectivity index (χ3n) is 6.99. The quantitative estimate of drug-likeness (QED) is 0.491. The van der Waals surface area contributed by atoms with Gasteiger partial charge in [0.1, 0.15) is 5.54 Å². The molecule has 0 bridgehead atoms. The van der Waals surface area contributed by atoms with E-state index in [0.29, 0.717) is 12.8 Å². The summed E-state index contributed by atoms with van der Waals surface area (Å²) in [5.74, 6) is -0.116. The van der Waals surface area contributed by atoms with Crippen molar-refractivity contribution in [3.63, 3.8) is 0 Å². The fourth-order valence-electron chi connectivity index (χ4n) is 4.86. The Hall–Kier alpha value is -3.20. The number of piperidine rings is 1. The summed E-state index contributed by atoms with van der Waals surface area (Å²) in [6.45, 7) is 2.67. The number of carbonyl (C=O) groups excluding carboxylic acids is 2. The van der Waals surface area contributed by atoms with E-state index in [2.05, 4.69) is 27.4 Å². The second-order valence-electron chi connectivity index (χ2n) is 9.17. The smallest absolute Gasteiger partial charge is 0.324 e. The summed E-state index contributed by atoms with van der Waals surface area (Å²) in [6.07, 6.45) is 5.69. The van der Waals surface area contributed by atoms with Crippen LogP contribution in [0.5, 0.6) is 0 Å². The lowest BCUT2D eigenvalue weighted by Gasteiger charge is -2.37. The summed E-state index contributed by atoms with van der Waals surface area (Å²) in [5, 5.41) is 7.23. The molecule has 0 saturated carbocycles. The van der Waals surface area contributed by atoms with Gasteiger partial charge in [-0.05, 0) is 55.1 Å². The van der Waals surface area contributed by atoms with Gasteiger partial charge in [-0.15, -0.1) is 12.4 Å². The predicted molar refractivity (Wildman–Crippen MR) is 136 cm³/mol. The lowest BCUT2D eigenvalue weighted by Crippen LogP contribution is -2.55. The van der Waals surface area contributed by atoms with Gasteiger partial charge in [0.25, 0.3) is 5.91 Å². The fraction of sp³-hybridized carbons (Fsp3) is 0.346. The van der Waals surface area contributed by atoms with Crippen LogP contribution >= 0.6 is 12.4 Å². The summed E-state index contributed by atoms with van der Waals surface area (Å²) in [7, 11) is 0. The summed E-state index contributed by atoms with van der Waals surface area (Å²) in [6, 6.07) is 19.4. The Morgan fingerprint density at radius 3 is 2.37 bits per heavy atom. The molecule has 8 nitrogen and oxygen atoms in total. The Bertz CT molecular complexity index is 1130. The number of halogens is 1. The van der Waals surface area contributed by atoms with Gasteiger partial charge in [-0.1, -0.05) is 42.5 Å². The molecule has 3 heterocycles. The van der Waals surface area contributed by atoms with Gasteiger partial charge in [0, 0.05) is 31.5 Å². The number of nitrogens with two attached hydrogens (primary N) is 1. The topological polar surface area (TPSA) is 96.5 Å². The molecule has 2 fully saturated rings. The van der Waals surface area contributed by atoms with Gasteiger partial charge in [0.05, 0.1) is 12.2 Å². The second kappa shape index (κ2) is 10.6. The minimum absolute atomic E-state index is 0. The Labute approximate surface area is 211 Å². The zero-order valence-corrected chi connectivity index (χ0v) is 20.4. The number of hydrogen-bond acceptors (Lipinski definition) is 5. The first-order chi connectivity index (χ1) is 16.5. The maximum absolute atomic E-state index is 13.3. The molecule has 2 aliphatic heterocycles. The van der Waals surface area contributed by atoms with Crippen molar-refractivity contribution in [1.29, 1.82) is 0 Å². The molecule has 1 atom stereocenters. The average molecular weight is 495 g/mol. The van der Waals surface area contributed by atoms with Gasteiger partial charge < -0.3 is 16.0 Å². The molecule has 9 heteroatoms. The molecule has 0 radical (unpaired) electrons. The first-order valence-corrected chi connectivity index (χ1v) is 11.8. The zero-order valence-electron chi connectivity index (χ0n) is 19.5. The predicted octanol–water partition coefficient (Wildman–Crippen LogP) is 3.27. The number of amides is 3. The molecular weight excluding hydrogens is 464 g/mol. The molecule has 1 spiro atoms. The fourth-order valence-corrected chi connectivity index (χ4v) is 4.86. The van der Waals surface area contributed by atoms with E-state index in [4.69, 9.17) is 5.73 Å². The van der Waals surface area contributed by atoms with Crippen molar-refractivity contribution in [2.24, 2.45) is 5.73 Å². The van der Waals surface area contributed by atoms with Crippen molar-refractivity contribution in [2.75, 3.05) is 19.6 Å². The van der Waals surface area contributed by atoms with Crippen LogP contribution in [-0.4, -0.2) is 56.7 Å². The third-order valence-corrected chi connectivity index (χ3v) is 6.99. The van der Waals surface area contributed by atoms with E-state index in [1.54, 1.807) is 10.9 Å². The van der Waals surface area contributed by atoms with Crippen molar-refractivity contribution in [1.82, 2.24) is 24.9 Å². The van der Waals surface area contributed by atoms with Crippen LogP contribution in [0, 0.1) is 0 Å². The van der Waals surface area contributed by atoms with Gasteiger partial charge in [0.15, 0.2) is 0 Å². The van der Waals surface area contributed by atoms with E-state index in [0.717, 1.165) is 42.9 Å². The van der Waals surface area contributed by atoms with Gasteiger partial charge in [-0.3, -0.25) is 9.69 Å². The number of nitrogens with zero attached hydrogens (tertiary/aromatic N) is 4. The van der Waals surface area contributed by atoms with Crippen molar-refractivity contribution < 1.29 is 9.59 Å². The largest absolute Gasteiger partial charge is 0.325 e. The highest BCUT2D eigenvalue weighted by atomic mass is 35.5. The summed E-state index contributed by atoms with van der Waals surface area (Å²) >= 11 is 0. The van der Waals surface area contributed by atoms with Crippen molar-refractivity contribution in [3.8, 4) is 5.69 Å². The van der Waals surface area contributed by atoms with Crippen LogP contribution in [0.15, 0.2) is 73.1 Å². The molecule has 35 heavy (non-hydrogen) atoms. The number of imide groups is 1. The minimum Gasteiger partial charge on any atom is -0.324 e. The number of aromatic nitrogens is 2. The highest BCUT2D eigenvalue weighted by Gasteiger charge is 2.52.